The van der Waals surface area contributed by atoms with E-state index in [2.05, 4.69) is 5.32 Å². The van der Waals surface area contributed by atoms with Crippen LogP contribution in [-0.4, -0.2) is 44.0 Å². The summed E-state index contributed by atoms with van der Waals surface area (Å²) in [6, 6.07) is 12.3. The Kier molecular flexibility index (Phi) is 6.86. The quantitative estimate of drug-likeness (QED) is 0.806. The fraction of sp³-hybridized carbons (Fsp3) is 0.263. The molecular formula is C19H21ClN2O4. The minimum Gasteiger partial charge on any atom is -0.497 e. The fourth-order valence-electron chi connectivity index (χ4n) is 2.18. The third-order valence-corrected chi connectivity index (χ3v) is 3.91. The first-order chi connectivity index (χ1) is 12.4. The van der Waals surface area contributed by atoms with Crippen molar-refractivity contribution in [2.75, 3.05) is 32.6 Å². The van der Waals surface area contributed by atoms with Gasteiger partial charge < -0.3 is 19.7 Å². The Hall–Kier alpha value is -2.73. The summed E-state index contributed by atoms with van der Waals surface area (Å²) in [4.78, 5) is 25.5. The van der Waals surface area contributed by atoms with Gasteiger partial charge in [-0.15, -0.1) is 0 Å². The highest BCUT2D eigenvalue weighted by molar-refractivity contribution is 6.32. The number of hydrogen-bond acceptors (Lipinski definition) is 4. The Bertz CT molecular complexity index is 795. The molecule has 7 heteroatoms. The summed E-state index contributed by atoms with van der Waals surface area (Å²) in [6.07, 6.45) is 0. The Morgan fingerprint density at radius 2 is 1.96 bits per heavy atom. The molecular weight excluding hydrogens is 356 g/mol. The summed E-state index contributed by atoms with van der Waals surface area (Å²) >= 11 is 6.03. The number of methoxy groups -OCH3 is 1. The van der Waals surface area contributed by atoms with E-state index in [4.69, 9.17) is 21.1 Å². The summed E-state index contributed by atoms with van der Waals surface area (Å²) in [5.74, 6) is 0.427. The molecule has 2 aromatic rings. The molecule has 0 saturated carbocycles. The zero-order valence-corrected chi connectivity index (χ0v) is 15.7. The lowest BCUT2D eigenvalue weighted by Crippen LogP contribution is -2.37. The van der Waals surface area contributed by atoms with Gasteiger partial charge in [0.2, 0.25) is 5.91 Å². The average Bonchev–Trinajstić information content (AvgIpc) is 2.62. The van der Waals surface area contributed by atoms with Gasteiger partial charge in [-0.05, 0) is 36.8 Å². The number of benzene rings is 2. The predicted molar refractivity (Wildman–Crippen MR) is 101 cm³/mol. The molecule has 2 aromatic carbocycles. The van der Waals surface area contributed by atoms with Gasteiger partial charge >= 0.3 is 0 Å². The molecule has 0 aliphatic rings. The molecule has 1 N–H and O–H groups in total. The second-order valence-electron chi connectivity index (χ2n) is 5.75. The molecule has 0 aliphatic carbocycles. The number of nitrogens with zero attached hydrogens (tertiary/aromatic N) is 1. The van der Waals surface area contributed by atoms with E-state index in [1.165, 1.54) is 11.9 Å². The lowest BCUT2D eigenvalue weighted by Gasteiger charge is -2.17. The molecule has 2 rings (SSSR count). The number of carbonyl (C=O) groups excluding carboxylic acids is 2. The van der Waals surface area contributed by atoms with Crippen LogP contribution < -0.4 is 14.8 Å². The van der Waals surface area contributed by atoms with E-state index >= 15 is 0 Å². The van der Waals surface area contributed by atoms with Crippen molar-refractivity contribution < 1.29 is 19.1 Å². The fourth-order valence-corrected chi connectivity index (χ4v) is 2.35. The molecule has 0 aliphatic heterocycles. The Balaban J connectivity index is 1.85. The molecule has 0 radical (unpaired) electrons. The van der Waals surface area contributed by atoms with Crippen LogP contribution in [0.1, 0.15) is 5.56 Å². The van der Waals surface area contributed by atoms with Crippen molar-refractivity contribution in [3.05, 3.63) is 53.1 Å². The van der Waals surface area contributed by atoms with Gasteiger partial charge in [0.15, 0.2) is 6.61 Å². The highest BCUT2D eigenvalue weighted by Gasteiger charge is 2.15. The standard InChI is InChI=1S/C19H21ClN2O4/c1-13-7-8-16(20)17(9-13)26-12-19(24)22(2)11-18(23)21-14-5-4-6-15(10-14)25-3/h4-10H,11-12H2,1-3H3,(H,21,23). The molecule has 0 unspecified atom stereocenters. The van der Waals surface area contributed by atoms with E-state index in [1.54, 1.807) is 43.5 Å². The first-order valence-corrected chi connectivity index (χ1v) is 8.33. The molecule has 138 valence electrons. The molecule has 26 heavy (non-hydrogen) atoms. The van der Waals surface area contributed by atoms with Crippen LogP contribution in [0.15, 0.2) is 42.5 Å². The number of anilines is 1. The number of amides is 2. The third-order valence-electron chi connectivity index (χ3n) is 3.60. The number of ether oxygens (including phenoxy) is 2. The van der Waals surface area contributed by atoms with E-state index < -0.39 is 0 Å². The van der Waals surface area contributed by atoms with Crippen LogP contribution in [0.4, 0.5) is 5.69 Å². The summed E-state index contributed by atoms with van der Waals surface area (Å²) in [5.41, 5.74) is 1.57. The van der Waals surface area contributed by atoms with Crippen LogP contribution in [0, 0.1) is 6.92 Å². The molecule has 0 spiro atoms. The van der Waals surface area contributed by atoms with Crippen LogP contribution >= 0.6 is 11.6 Å². The highest BCUT2D eigenvalue weighted by atomic mass is 35.5. The smallest absolute Gasteiger partial charge is 0.260 e. The lowest BCUT2D eigenvalue weighted by molar-refractivity contribution is -0.135. The SMILES string of the molecule is COc1cccc(NC(=O)CN(C)C(=O)COc2cc(C)ccc2Cl)c1. The number of carbonyl (C=O) groups is 2. The van der Waals surface area contributed by atoms with Gasteiger partial charge in [0.05, 0.1) is 18.7 Å². The van der Waals surface area contributed by atoms with Crippen molar-refractivity contribution in [2.24, 2.45) is 0 Å². The van der Waals surface area contributed by atoms with Crippen LogP contribution in [0.25, 0.3) is 0 Å². The zero-order chi connectivity index (χ0) is 19.1. The van der Waals surface area contributed by atoms with Gasteiger partial charge in [0, 0.05) is 18.8 Å². The molecule has 2 amide bonds. The third kappa shape index (κ3) is 5.67. The maximum atomic E-state index is 12.2. The van der Waals surface area contributed by atoms with Crippen molar-refractivity contribution >= 4 is 29.1 Å². The minimum atomic E-state index is -0.330. The lowest BCUT2D eigenvalue weighted by atomic mass is 10.2. The van der Waals surface area contributed by atoms with Crippen molar-refractivity contribution in [1.29, 1.82) is 0 Å². The van der Waals surface area contributed by atoms with Crippen LogP contribution in [-0.2, 0) is 9.59 Å². The topological polar surface area (TPSA) is 67.9 Å². The average molecular weight is 377 g/mol. The molecule has 6 nitrogen and oxygen atoms in total. The zero-order valence-electron chi connectivity index (χ0n) is 14.9. The summed E-state index contributed by atoms with van der Waals surface area (Å²) in [7, 11) is 3.09. The van der Waals surface area contributed by atoms with Gasteiger partial charge in [0.1, 0.15) is 11.5 Å². The number of nitrogens with one attached hydrogen (secondary N) is 1. The second kappa shape index (κ2) is 9.10. The number of halogens is 1. The van der Waals surface area contributed by atoms with Crippen LogP contribution in [0.3, 0.4) is 0 Å². The Labute approximate surface area is 157 Å². The van der Waals surface area contributed by atoms with Crippen molar-refractivity contribution in [2.45, 2.75) is 6.92 Å². The number of rotatable bonds is 7. The summed E-state index contributed by atoms with van der Waals surface area (Å²) in [6.45, 7) is 1.60. The van der Waals surface area contributed by atoms with Gasteiger partial charge in [-0.25, -0.2) is 0 Å². The molecule has 0 bridgehead atoms. The maximum Gasteiger partial charge on any atom is 0.260 e. The van der Waals surface area contributed by atoms with Crippen molar-refractivity contribution in [3.63, 3.8) is 0 Å². The number of aryl methyl sites for hydroxylation is 1. The van der Waals surface area contributed by atoms with E-state index in [0.717, 1.165) is 5.56 Å². The first-order valence-electron chi connectivity index (χ1n) is 7.96. The molecule has 0 aromatic heterocycles. The Morgan fingerprint density at radius 1 is 1.19 bits per heavy atom. The second-order valence-corrected chi connectivity index (χ2v) is 6.16. The monoisotopic (exact) mass is 376 g/mol. The van der Waals surface area contributed by atoms with Gasteiger partial charge in [-0.3, -0.25) is 9.59 Å². The van der Waals surface area contributed by atoms with E-state index in [1.807, 2.05) is 13.0 Å². The maximum absolute atomic E-state index is 12.2. The van der Waals surface area contributed by atoms with E-state index in [0.29, 0.717) is 22.2 Å². The normalized spacial score (nSPS) is 10.2. The highest BCUT2D eigenvalue weighted by Crippen LogP contribution is 2.25. The summed E-state index contributed by atoms with van der Waals surface area (Å²) < 4.78 is 10.6. The largest absolute Gasteiger partial charge is 0.497 e. The van der Waals surface area contributed by atoms with Crippen LogP contribution in [0.2, 0.25) is 5.02 Å². The molecule has 0 heterocycles. The molecule has 0 fully saturated rings. The van der Waals surface area contributed by atoms with Crippen LogP contribution in [0.5, 0.6) is 11.5 Å². The summed E-state index contributed by atoms with van der Waals surface area (Å²) in [5, 5.41) is 3.15. The van der Waals surface area contributed by atoms with E-state index in [9.17, 15) is 9.59 Å². The molecule has 0 saturated heterocycles. The van der Waals surface area contributed by atoms with Gasteiger partial charge in [-0.1, -0.05) is 23.7 Å². The van der Waals surface area contributed by atoms with E-state index in [-0.39, 0.29) is 25.0 Å². The Morgan fingerprint density at radius 3 is 2.69 bits per heavy atom. The van der Waals surface area contributed by atoms with Crippen molar-refractivity contribution in [1.82, 2.24) is 4.90 Å². The van der Waals surface area contributed by atoms with Gasteiger partial charge in [-0.2, -0.15) is 0 Å². The minimum absolute atomic E-state index is 0.0963. The van der Waals surface area contributed by atoms with Gasteiger partial charge in [0.25, 0.3) is 5.91 Å². The predicted octanol–water partition coefficient (Wildman–Crippen LogP) is 3.13. The number of hydrogen-bond donors (Lipinski definition) is 1. The molecule has 0 atom stereocenters. The van der Waals surface area contributed by atoms with Crippen molar-refractivity contribution in [3.8, 4) is 11.5 Å². The number of likely N-dealkylation sites (N-methyl/N-ethyl adjacent to an activating group) is 1. The first kappa shape index (κ1) is 19.6.